The predicted molar refractivity (Wildman–Crippen MR) is 103 cm³/mol. The third kappa shape index (κ3) is 5.72. The molecule has 4 nitrogen and oxygen atoms in total. The first-order valence-electron chi connectivity index (χ1n) is 10.9. The molecule has 2 saturated carbocycles. The molecule has 0 aromatic carbocycles. The molecular weight excluding hydrogens is 328 g/mol. The van der Waals surface area contributed by atoms with Gasteiger partial charge in [-0.05, 0) is 36.5 Å². The van der Waals surface area contributed by atoms with Crippen molar-refractivity contribution in [3.63, 3.8) is 0 Å². The lowest BCUT2D eigenvalue weighted by Crippen LogP contribution is -2.38. The van der Waals surface area contributed by atoms with Crippen molar-refractivity contribution >= 4 is 11.9 Å². The summed E-state index contributed by atoms with van der Waals surface area (Å²) in [5.41, 5.74) is 0. The number of carboxylic acid groups (broad SMARTS) is 2. The zero-order chi connectivity index (χ0) is 19.1. The quantitative estimate of drug-likeness (QED) is 0.557. The smallest absolute Gasteiger partial charge is 0.307 e. The van der Waals surface area contributed by atoms with Crippen molar-refractivity contribution in [1.82, 2.24) is 0 Å². The molecule has 2 aliphatic rings. The summed E-state index contributed by atoms with van der Waals surface area (Å²) in [5, 5.41) is 19.6. The maximum atomic E-state index is 12.0. The number of rotatable bonds is 9. The van der Waals surface area contributed by atoms with Gasteiger partial charge in [0.15, 0.2) is 0 Å². The Bertz CT molecular complexity index is 449. The molecule has 0 saturated heterocycles. The van der Waals surface area contributed by atoms with E-state index in [-0.39, 0.29) is 5.92 Å². The number of aliphatic carboxylic acids is 2. The Kier molecular flexibility index (Phi) is 8.43. The van der Waals surface area contributed by atoms with Crippen LogP contribution in [0.25, 0.3) is 0 Å². The molecule has 0 spiro atoms. The van der Waals surface area contributed by atoms with Gasteiger partial charge in [0, 0.05) is 0 Å². The van der Waals surface area contributed by atoms with Crippen molar-refractivity contribution in [2.75, 3.05) is 0 Å². The second kappa shape index (κ2) is 10.3. The molecule has 2 N–H and O–H groups in total. The minimum atomic E-state index is -0.920. The van der Waals surface area contributed by atoms with E-state index < -0.39 is 23.8 Å². The van der Waals surface area contributed by atoms with Crippen LogP contribution in [0, 0.1) is 35.5 Å². The Morgan fingerprint density at radius 1 is 0.769 bits per heavy atom. The fourth-order valence-electron chi connectivity index (χ4n) is 5.55. The molecular formula is C22H38O4. The topological polar surface area (TPSA) is 74.6 Å². The van der Waals surface area contributed by atoms with Crippen LogP contribution < -0.4 is 0 Å². The second-order valence-electron chi connectivity index (χ2n) is 9.02. The molecule has 26 heavy (non-hydrogen) atoms. The molecule has 0 heterocycles. The minimum absolute atomic E-state index is 0.0566. The zero-order valence-electron chi connectivity index (χ0n) is 16.7. The van der Waals surface area contributed by atoms with Crippen molar-refractivity contribution in [2.24, 2.45) is 35.5 Å². The van der Waals surface area contributed by atoms with Crippen LogP contribution in [0.4, 0.5) is 0 Å². The van der Waals surface area contributed by atoms with Crippen LogP contribution in [-0.4, -0.2) is 22.2 Å². The van der Waals surface area contributed by atoms with Gasteiger partial charge in [0.2, 0.25) is 0 Å². The van der Waals surface area contributed by atoms with E-state index in [1.165, 1.54) is 38.5 Å². The van der Waals surface area contributed by atoms with Gasteiger partial charge in [0.1, 0.15) is 0 Å². The molecule has 4 unspecified atom stereocenters. The first kappa shape index (κ1) is 21.2. The van der Waals surface area contributed by atoms with Gasteiger partial charge in [-0.15, -0.1) is 0 Å². The lowest BCUT2D eigenvalue weighted by atomic mass is 9.69. The Morgan fingerprint density at radius 3 is 1.73 bits per heavy atom. The third-order valence-corrected chi connectivity index (χ3v) is 7.38. The van der Waals surface area contributed by atoms with Crippen molar-refractivity contribution in [3.05, 3.63) is 0 Å². The van der Waals surface area contributed by atoms with Gasteiger partial charge >= 0.3 is 11.9 Å². The summed E-state index contributed by atoms with van der Waals surface area (Å²) < 4.78 is 0. The highest BCUT2D eigenvalue weighted by atomic mass is 16.4. The number of carbonyl (C=O) groups is 2. The third-order valence-electron chi connectivity index (χ3n) is 7.38. The molecule has 2 rings (SSSR count). The van der Waals surface area contributed by atoms with Crippen LogP contribution in [0.15, 0.2) is 0 Å². The number of hydrogen-bond donors (Lipinski definition) is 2. The first-order chi connectivity index (χ1) is 12.4. The maximum Gasteiger partial charge on any atom is 0.307 e. The SMILES string of the molecule is CC(CCC(C(=O)O)C(C(=O)O)C(C)C1CCCCC1)C1CCCCC1. The van der Waals surface area contributed by atoms with Crippen molar-refractivity contribution in [3.8, 4) is 0 Å². The van der Waals surface area contributed by atoms with Gasteiger partial charge in [-0.2, -0.15) is 0 Å². The molecule has 4 atom stereocenters. The highest BCUT2D eigenvalue weighted by Gasteiger charge is 2.41. The van der Waals surface area contributed by atoms with Crippen molar-refractivity contribution in [2.45, 2.75) is 90.9 Å². The fourth-order valence-corrected chi connectivity index (χ4v) is 5.55. The van der Waals surface area contributed by atoms with Crippen LogP contribution in [0.3, 0.4) is 0 Å². The summed E-state index contributed by atoms with van der Waals surface area (Å²) in [7, 11) is 0. The van der Waals surface area contributed by atoms with Crippen LogP contribution in [0.2, 0.25) is 0 Å². The molecule has 0 aliphatic heterocycles. The highest BCUT2D eigenvalue weighted by Crippen LogP contribution is 2.39. The molecule has 2 fully saturated rings. The largest absolute Gasteiger partial charge is 0.481 e. The predicted octanol–water partition coefficient (Wildman–Crippen LogP) is 5.60. The van der Waals surface area contributed by atoms with Crippen LogP contribution in [0.1, 0.15) is 90.9 Å². The van der Waals surface area contributed by atoms with Gasteiger partial charge in [-0.1, -0.05) is 78.1 Å². The van der Waals surface area contributed by atoms with Gasteiger partial charge < -0.3 is 10.2 Å². The van der Waals surface area contributed by atoms with Gasteiger partial charge in [0.05, 0.1) is 11.8 Å². The molecule has 150 valence electrons. The van der Waals surface area contributed by atoms with E-state index in [1.807, 2.05) is 6.92 Å². The summed E-state index contributed by atoms with van der Waals surface area (Å²) in [6.45, 7) is 4.21. The van der Waals surface area contributed by atoms with E-state index in [4.69, 9.17) is 0 Å². The van der Waals surface area contributed by atoms with Gasteiger partial charge in [-0.25, -0.2) is 0 Å². The Morgan fingerprint density at radius 2 is 1.27 bits per heavy atom. The van der Waals surface area contributed by atoms with E-state index in [1.54, 1.807) is 0 Å². The Balaban J connectivity index is 2.01. The summed E-state index contributed by atoms with van der Waals surface area (Å²) in [6.07, 6.45) is 13.4. The van der Waals surface area contributed by atoms with E-state index in [0.717, 1.165) is 32.1 Å². The summed E-state index contributed by atoms with van der Waals surface area (Å²) in [4.78, 5) is 24.0. The second-order valence-corrected chi connectivity index (χ2v) is 9.02. The molecule has 4 heteroatoms. The molecule has 0 bridgehead atoms. The van der Waals surface area contributed by atoms with Crippen LogP contribution >= 0.6 is 0 Å². The Labute approximate surface area is 158 Å². The lowest BCUT2D eigenvalue weighted by molar-refractivity contribution is -0.157. The number of hydrogen-bond acceptors (Lipinski definition) is 2. The average Bonchev–Trinajstić information content (AvgIpc) is 2.65. The highest BCUT2D eigenvalue weighted by molar-refractivity contribution is 5.80. The van der Waals surface area contributed by atoms with E-state index in [9.17, 15) is 19.8 Å². The minimum Gasteiger partial charge on any atom is -0.481 e. The standard InChI is InChI=1S/C22H38O4/c1-15(17-9-5-3-6-10-17)13-14-19(21(23)24)20(22(25)26)16(2)18-11-7-4-8-12-18/h15-20H,3-14H2,1-2H3,(H,23,24)(H,25,26). The van der Waals surface area contributed by atoms with Crippen LogP contribution in [-0.2, 0) is 9.59 Å². The molecule has 0 radical (unpaired) electrons. The zero-order valence-corrected chi connectivity index (χ0v) is 16.7. The Hall–Kier alpha value is -1.06. The lowest BCUT2D eigenvalue weighted by Gasteiger charge is -2.35. The molecule has 2 aliphatic carbocycles. The van der Waals surface area contributed by atoms with E-state index >= 15 is 0 Å². The van der Waals surface area contributed by atoms with Gasteiger partial charge in [-0.3, -0.25) is 9.59 Å². The molecule has 0 amide bonds. The number of carboxylic acids is 2. The van der Waals surface area contributed by atoms with Crippen molar-refractivity contribution in [1.29, 1.82) is 0 Å². The van der Waals surface area contributed by atoms with E-state index in [0.29, 0.717) is 24.2 Å². The molecule has 0 aromatic heterocycles. The first-order valence-corrected chi connectivity index (χ1v) is 10.9. The summed E-state index contributed by atoms with van der Waals surface area (Å²) in [5.74, 6) is -1.85. The van der Waals surface area contributed by atoms with Crippen LogP contribution in [0.5, 0.6) is 0 Å². The van der Waals surface area contributed by atoms with Gasteiger partial charge in [0.25, 0.3) is 0 Å². The van der Waals surface area contributed by atoms with E-state index in [2.05, 4.69) is 6.92 Å². The summed E-state index contributed by atoms with van der Waals surface area (Å²) in [6, 6.07) is 0. The van der Waals surface area contributed by atoms with Crippen molar-refractivity contribution < 1.29 is 19.8 Å². The molecule has 0 aromatic rings. The average molecular weight is 367 g/mol. The summed E-state index contributed by atoms with van der Waals surface area (Å²) >= 11 is 0. The fraction of sp³-hybridized carbons (Fsp3) is 0.909. The normalized spacial score (nSPS) is 24.5. The maximum absolute atomic E-state index is 12.0. The monoisotopic (exact) mass is 366 g/mol.